The van der Waals surface area contributed by atoms with E-state index < -0.39 is 0 Å². The fourth-order valence-corrected chi connectivity index (χ4v) is 1.12. The van der Waals surface area contributed by atoms with Gasteiger partial charge in [-0.3, -0.25) is 0 Å². The molecule has 0 radical (unpaired) electrons. The normalized spacial score (nSPS) is 10.6. The SMILES string of the molecule is NCCOCCNCCc1ccco1. The average Bonchev–Trinajstić information content (AvgIpc) is 2.69. The molecule has 14 heavy (non-hydrogen) atoms. The van der Waals surface area contributed by atoms with Gasteiger partial charge in [-0.2, -0.15) is 0 Å². The number of hydrogen-bond acceptors (Lipinski definition) is 4. The largest absolute Gasteiger partial charge is 0.469 e. The second-order valence-electron chi connectivity index (χ2n) is 2.98. The summed E-state index contributed by atoms with van der Waals surface area (Å²) in [5, 5.41) is 3.26. The molecule has 1 heterocycles. The van der Waals surface area contributed by atoms with E-state index in [1.807, 2.05) is 12.1 Å². The van der Waals surface area contributed by atoms with E-state index in [9.17, 15) is 0 Å². The number of ether oxygens (including phenoxy) is 1. The van der Waals surface area contributed by atoms with Gasteiger partial charge in [0.05, 0.1) is 19.5 Å². The summed E-state index contributed by atoms with van der Waals surface area (Å²) < 4.78 is 10.4. The third kappa shape index (κ3) is 5.01. The van der Waals surface area contributed by atoms with Gasteiger partial charge in [0, 0.05) is 26.1 Å². The lowest BCUT2D eigenvalue weighted by atomic mass is 10.3. The maximum absolute atomic E-state index is 5.28. The Morgan fingerprint density at radius 2 is 2.29 bits per heavy atom. The van der Waals surface area contributed by atoms with Crippen molar-refractivity contribution in [1.29, 1.82) is 0 Å². The van der Waals surface area contributed by atoms with Gasteiger partial charge < -0.3 is 20.2 Å². The topological polar surface area (TPSA) is 60.4 Å². The maximum atomic E-state index is 5.28. The van der Waals surface area contributed by atoms with Crippen molar-refractivity contribution in [1.82, 2.24) is 5.32 Å². The Morgan fingerprint density at radius 1 is 1.36 bits per heavy atom. The first-order chi connectivity index (χ1) is 6.93. The lowest BCUT2D eigenvalue weighted by Gasteiger charge is -2.03. The molecule has 3 N–H and O–H groups in total. The van der Waals surface area contributed by atoms with E-state index in [0.717, 1.165) is 31.9 Å². The molecule has 4 heteroatoms. The Labute approximate surface area is 84.4 Å². The van der Waals surface area contributed by atoms with Crippen LogP contribution in [0.5, 0.6) is 0 Å². The molecule has 0 unspecified atom stereocenters. The van der Waals surface area contributed by atoms with Crippen LogP contribution in [0, 0.1) is 0 Å². The lowest BCUT2D eigenvalue weighted by Crippen LogP contribution is -2.23. The van der Waals surface area contributed by atoms with Crippen LogP contribution in [0.25, 0.3) is 0 Å². The maximum Gasteiger partial charge on any atom is 0.105 e. The standard InChI is InChI=1S/C10H18N2O2/c11-4-8-13-9-6-12-5-3-10-2-1-7-14-10/h1-2,7,12H,3-6,8-9,11H2. The lowest BCUT2D eigenvalue weighted by molar-refractivity contribution is 0.143. The van der Waals surface area contributed by atoms with Crippen LogP contribution in [0.3, 0.4) is 0 Å². The molecule has 0 amide bonds. The first kappa shape index (κ1) is 11.2. The summed E-state index contributed by atoms with van der Waals surface area (Å²) >= 11 is 0. The third-order valence-corrected chi connectivity index (χ3v) is 1.81. The van der Waals surface area contributed by atoms with Crippen molar-refractivity contribution >= 4 is 0 Å². The summed E-state index contributed by atoms with van der Waals surface area (Å²) in [4.78, 5) is 0. The molecular formula is C10H18N2O2. The molecule has 80 valence electrons. The summed E-state index contributed by atoms with van der Waals surface area (Å²) in [6.07, 6.45) is 2.61. The Hall–Kier alpha value is -0.840. The number of hydrogen-bond donors (Lipinski definition) is 2. The molecule has 1 aromatic rings. The van der Waals surface area contributed by atoms with Crippen molar-refractivity contribution in [2.75, 3.05) is 32.8 Å². The number of furan rings is 1. The highest BCUT2D eigenvalue weighted by Gasteiger charge is 1.94. The zero-order chi connectivity index (χ0) is 10.1. The quantitative estimate of drug-likeness (QED) is 0.593. The average molecular weight is 198 g/mol. The minimum Gasteiger partial charge on any atom is -0.469 e. The molecule has 4 nitrogen and oxygen atoms in total. The van der Waals surface area contributed by atoms with E-state index in [0.29, 0.717) is 13.2 Å². The van der Waals surface area contributed by atoms with Crippen LogP contribution >= 0.6 is 0 Å². The number of nitrogens with one attached hydrogen (secondary N) is 1. The summed E-state index contributed by atoms with van der Waals surface area (Å²) in [7, 11) is 0. The molecular weight excluding hydrogens is 180 g/mol. The second-order valence-corrected chi connectivity index (χ2v) is 2.98. The van der Waals surface area contributed by atoms with Gasteiger partial charge in [-0.25, -0.2) is 0 Å². The van der Waals surface area contributed by atoms with Gasteiger partial charge in [-0.1, -0.05) is 0 Å². The van der Waals surface area contributed by atoms with E-state index in [-0.39, 0.29) is 0 Å². The molecule has 0 bridgehead atoms. The van der Waals surface area contributed by atoms with Crippen LogP contribution in [0.2, 0.25) is 0 Å². The first-order valence-corrected chi connectivity index (χ1v) is 4.94. The molecule has 1 rings (SSSR count). The molecule has 0 saturated carbocycles. The van der Waals surface area contributed by atoms with E-state index in [1.54, 1.807) is 6.26 Å². The highest BCUT2D eigenvalue weighted by molar-refractivity contribution is 4.98. The van der Waals surface area contributed by atoms with Crippen molar-refractivity contribution in [2.24, 2.45) is 5.73 Å². The molecule has 0 aliphatic carbocycles. The van der Waals surface area contributed by atoms with Crippen molar-refractivity contribution in [3.63, 3.8) is 0 Å². The highest BCUT2D eigenvalue weighted by Crippen LogP contribution is 1.98. The van der Waals surface area contributed by atoms with Gasteiger partial charge in [0.2, 0.25) is 0 Å². The Bertz CT molecular complexity index is 212. The monoisotopic (exact) mass is 198 g/mol. The van der Waals surface area contributed by atoms with Crippen LogP contribution in [0.4, 0.5) is 0 Å². The smallest absolute Gasteiger partial charge is 0.105 e. The molecule has 0 spiro atoms. The van der Waals surface area contributed by atoms with Crippen molar-refractivity contribution in [3.8, 4) is 0 Å². The van der Waals surface area contributed by atoms with Crippen molar-refractivity contribution < 1.29 is 9.15 Å². The molecule has 0 aliphatic heterocycles. The Morgan fingerprint density at radius 3 is 3.00 bits per heavy atom. The van der Waals surface area contributed by atoms with Crippen LogP contribution in [-0.2, 0) is 11.2 Å². The molecule has 0 fully saturated rings. The van der Waals surface area contributed by atoms with Crippen LogP contribution in [0.15, 0.2) is 22.8 Å². The van der Waals surface area contributed by atoms with Crippen LogP contribution in [0.1, 0.15) is 5.76 Å². The predicted molar refractivity (Wildman–Crippen MR) is 55.2 cm³/mol. The van der Waals surface area contributed by atoms with Gasteiger partial charge in [0.25, 0.3) is 0 Å². The first-order valence-electron chi connectivity index (χ1n) is 4.94. The summed E-state index contributed by atoms with van der Waals surface area (Å²) in [6, 6.07) is 3.88. The number of rotatable bonds is 8. The minimum atomic E-state index is 0.590. The van der Waals surface area contributed by atoms with Gasteiger partial charge in [0.15, 0.2) is 0 Å². The molecule has 1 aromatic heterocycles. The fraction of sp³-hybridized carbons (Fsp3) is 0.600. The Balaban J connectivity index is 1.85. The molecule has 0 aromatic carbocycles. The molecule has 0 aliphatic rings. The van der Waals surface area contributed by atoms with Gasteiger partial charge >= 0.3 is 0 Å². The van der Waals surface area contributed by atoms with Gasteiger partial charge in [-0.15, -0.1) is 0 Å². The van der Waals surface area contributed by atoms with Gasteiger partial charge in [0.1, 0.15) is 5.76 Å². The molecule has 0 atom stereocenters. The van der Waals surface area contributed by atoms with Crippen LogP contribution < -0.4 is 11.1 Å². The highest BCUT2D eigenvalue weighted by atomic mass is 16.5. The summed E-state index contributed by atoms with van der Waals surface area (Å²) in [5.41, 5.74) is 5.28. The summed E-state index contributed by atoms with van der Waals surface area (Å²) in [5.74, 6) is 1.01. The Kier molecular flexibility index (Phi) is 6.06. The van der Waals surface area contributed by atoms with E-state index in [2.05, 4.69) is 5.32 Å². The number of nitrogens with two attached hydrogens (primary N) is 1. The predicted octanol–water partition coefficient (Wildman–Crippen LogP) is 0.387. The fourth-order valence-electron chi connectivity index (χ4n) is 1.12. The van der Waals surface area contributed by atoms with Crippen LogP contribution in [-0.4, -0.2) is 32.8 Å². The van der Waals surface area contributed by atoms with E-state index in [1.165, 1.54) is 0 Å². The molecule has 0 saturated heterocycles. The van der Waals surface area contributed by atoms with Crippen molar-refractivity contribution in [2.45, 2.75) is 6.42 Å². The minimum absolute atomic E-state index is 0.590. The van der Waals surface area contributed by atoms with Crippen molar-refractivity contribution in [3.05, 3.63) is 24.2 Å². The summed E-state index contributed by atoms with van der Waals surface area (Å²) in [6.45, 7) is 3.72. The second kappa shape index (κ2) is 7.55. The zero-order valence-corrected chi connectivity index (χ0v) is 8.37. The third-order valence-electron chi connectivity index (χ3n) is 1.81. The zero-order valence-electron chi connectivity index (χ0n) is 8.37. The van der Waals surface area contributed by atoms with E-state index in [4.69, 9.17) is 14.9 Å². The van der Waals surface area contributed by atoms with E-state index >= 15 is 0 Å². The van der Waals surface area contributed by atoms with Gasteiger partial charge in [-0.05, 0) is 12.1 Å².